The Morgan fingerprint density at radius 1 is 1.00 bits per heavy atom. The maximum Gasteiger partial charge on any atom is 0.261 e. The van der Waals surface area contributed by atoms with Gasteiger partial charge in [-0.15, -0.1) is 0 Å². The molecule has 0 saturated heterocycles. The lowest BCUT2D eigenvalue weighted by Gasteiger charge is -2.27. The van der Waals surface area contributed by atoms with Crippen LogP contribution in [-0.4, -0.2) is 19.1 Å². The first-order chi connectivity index (χ1) is 16.9. The van der Waals surface area contributed by atoms with Crippen LogP contribution in [0.3, 0.4) is 0 Å². The Hall–Kier alpha value is -3.77. The molecule has 0 aliphatic rings. The van der Waals surface area contributed by atoms with Crippen LogP contribution in [0, 0.1) is 11.7 Å². The molecule has 0 bridgehead atoms. The highest BCUT2D eigenvalue weighted by Crippen LogP contribution is 2.31. The summed E-state index contributed by atoms with van der Waals surface area (Å²) in [6.07, 6.45) is 3.59. The average molecular weight is 487 g/mol. The van der Waals surface area contributed by atoms with Gasteiger partial charge < -0.3 is 4.57 Å². The van der Waals surface area contributed by atoms with Gasteiger partial charge in [0.25, 0.3) is 5.56 Å². The van der Waals surface area contributed by atoms with Crippen LogP contribution in [0.2, 0.25) is 5.02 Å². The number of fused-ring (bicyclic) bond motifs is 1. The normalized spacial score (nSPS) is 12.4. The number of imidazole rings is 1. The molecule has 7 heteroatoms. The Morgan fingerprint density at radius 3 is 2.46 bits per heavy atom. The van der Waals surface area contributed by atoms with Crippen molar-refractivity contribution in [2.24, 2.45) is 5.92 Å². The van der Waals surface area contributed by atoms with E-state index < -0.39 is 0 Å². The molecule has 0 fully saturated rings. The minimum Gasteiger partial charge on any atom is -0.320 e. The second kappa shape index (κ2) is 9.47. The van der Waals surface area contributed by atoms with Crippen molar-refractivity contribution in [3.63, 3.8) is 0 Å². The maximum atomic E-state index is 13.8. The number of nitrogens with zero attached hydrogens (tertiary/aromatic N) is 4. The van der Waals surface area contributed by atoms with Crippen molar-refractivity contribution < 1.29 is 4.39 Å². The third kappa shape index (κ3) is 4.49. The maximum absolute atomic E-state index is 13.8. The Balaban J connectivity index is 1.75. The van der Waals surface area contributed by atoms with Gasteiger partial charge in [0, 0.05) is 23.0 Å². The Kier molecular flexibility index (Phi) is 6.22. The van der Waals surface area contributed by atoms with Crippen LogP contribution in [-0.2, 0) is 6.54 Å². The molecule has 0 saturated carbocycles. The fourth-order valence-corrected chi connectivity index (χ4v) is 4.63. The van der Waals surface area contributed by atoms with Crippen molar-refractivity contribution in [3.8, 4) is 11.4 Å². The number of benzene rings is 3. The monoisotopic (exact) mass is 486 g/mol. The zero-order valence-electron chi connectivity index (χ0n) is 19.4. The van der Waals surface area contributed by atoms with Crippen molar-refractivity contribution in [2.45, 2.75) is 26.4 Å². The molecule has 5 aromatic rings. The van der Waals surface area contributed by atoms with Crippen LogP contribution in [0.25, 0.3) is 22.3 Å². The van der Waals surface area contributed by atoms with Gasteiger partial charge in [0.05, 0.1) is 23.5 Å². The number of hydrogen-bond donors (Lipinski definition) is 0. The molecule has 5 rings (SSSR count). The largest absolute Gasteiger partial charge is 0.320 e. The second-order valence-corrected chi connectivity index (χ2v) is 9.30. The lowest BCUT2D eigenvalue weighted by atomic mass is 10.0. The molecule has 0 radical (unpaired) electrons. The fraction of sp³-hybridized carbons (Fsp3) is 0.179. The molecule has 2 heterocycles. The van der Waals surface area contributed by atoms with Crippen LogP contribution in [0.1, 0.15) is 31.3 Å². The second-order valence-electron chi connectivity index (χ2n) is 8.86. The first-order valence-corrected chi connectivity index (χ1v) is 11.8. The molecule has 0 spiro atoms. The highest BCUT2D eigenvalue weighted by molar-refractivity contribution is 6.31. The van der Waals surface area contributed by atoms with Crippen molar-refractivity contribution >= 4 is 22.5 Å². The minimum atomic E-state index is -0.308. The third-order valence-corrected chi connectivity index (χ3v) is 6.33. The molecule has 0 N–H and O–H groups in total. The molecule has 3 aromatic carbocycles. The van der Waals surface area contributed by atoms with E-state index in [1.54, 1.807) is 41.1 Å². The smallest absolute Gasteiger partial charge is 0.261 e. The van der Waals surface area contributed by atoms with E-state index in [1.165, 1.54) is 12.1 Å². The average Bonchev–Trinajstić information content (AvgIpc) is 3.31. The van der Waals surface area contributed by atoms with Gasteiger partial charge in [-0.3, -0.25) is 9.36 Å². The topological polar surface area (TPSA) is 52.7 Å². The van der Waals surface area contributed by atoms with E-state index in [4.69, 9.17) is 16.6 Å². The Labute approximate surface area is 207 Å². The van der Waals surface area contributed by atoms with Gasteiger partial charge in [0.15, 0.2) is 0 Å². The summed E-state index contributed by atoms with van der Waals surface area (Å²) < 4.78 is 17.3. The molecule has 2 aromatic heterocycles. The number of halogens is 2. The zero-order chi connectivity index (χ0) is 24.5. The number of hydrogen-bond acceptors (Lipinski definition) is 3. The molecule has 1 atom stereocenters. The Morgan fingerprint density at radius 2 is 1.74 bits per heavy atom. The molecule has 0 aliphatic heterocycles. The van der Waals surface area contributed by atoms with E-state index in [0.717, 1.165) is 11.1 Å². The van der Waals surface area contributed by atoms with E-state index in [2.05, 4.69) is 18.8 Å². The van der Waals surface area contributed by atoms with E-state index in [9.17, 15) is 9.18 Å². The molecule has 0 amide bonds. The van der Waals surface area contributed by atoms with Crippen molar-refractivity contribution in [1.29, 1.82) is 0 Å². The first kappa shape index (κ1) is 23.0. The summed E-state index contributed by atoms with van der Waals surface area (Å²) in [5.41, 5.74) is 2.20. The van der Waals surface area contributed by atoms with Gasteiger partial charge in [-0.1, -0.05) is 55.8 Å². The predicted molar refractivity (Wildman–Crippen MR) is 137 cm³/mol. The molecular formula is C28H24ClFN4O. The summed E-state index contributed by atoms with van der Waals surface area (Å²) in [6, 6.07) is 20.9. The number of aromatic nitrogens is 4. The molecular weight excluding hydrogens is 463 g/mol. The summed E-state index contributed by atoms with van der Waals surface area (Å²) in [6.45, 7) is 4.55. The van der Waals surface area contributed by atoms with E-state index >= 15 is 0 Å². The van der Waals surface area contributed by atoms with Crippen molar-refractivity contribution in [1.82, 2.24) is 19.1 Å². The Bertz CT molecular complexity index is 1540. The van der Waals surface area contributed by atoms with Crippen LogP contribution in [0.5, 0.6) is 0 Å². The van der Waals surface area contributed by atoms with Crippen LogP contribution < -0.4 is 5.56 Å². The molecule has 5 nitrogen and oxygen atoms in total. The standard InChI is InChI=1S/C28H24ClFN4O/c1-18(2)25(33-15-14-31-26(33)20-8-11-22(30)12-9-20)27-32-24-16-21(29)10-13-23(24)28(35)34(27)17-19-6-4-3-5-7-19/h3-16,18,25H,17H2,1-2H3. The van der Waals surface area contributed by atoms with E-state index in [-0.39, 0.29) is 23.3 Å². The van der Waals surface area contributed by atoms with Gasteiger partial charge in [0.2, 0.25) is 0 Å². The van der Waals surface area contributed by atoms with Crippen LogP contribution in [0.15, 0.2) is 90.0 Å². The SMILES string of the molecule is CC(C)C(c1nc2cc(Cl)ccc2c(=O)n1Cc1ccccc1)n1ccnc1-c1ccc(F)cc1. The van der Waals surface area contributed by atoms with Crippen molar-refractivity contribution in [3.05, 3.63) is 118 Å². The van der Waals surface area contributed by atoms with Gasteiger partial charge in [-0.05, 0) is 53.9 Å². The van der Waals surface area contributed by atoms with Crippen LogP contribution in [0.4, 0.5) is 4.39 Å². The summed E-state index contributed by atoms with van der Waals surface area (Å²) >= 11 is 6.26. The summed E-state index contributed by atoms with van der Waals surface area (Å²) in [5.74, 6) is 1.05. The van der Waals surface area contributed by atoms with Gasteiger partial charge in [-0.2, -0.15) is 0 Å². The third-order valence-electron chi connectivity index (χ3n) is 6.10. The van der Waals surface area contributed by atoms with Gasteiger partial charge in [-0.25, -0.2) is 14.4 Å². The summed E-state index contributed by atoms with van der Waals surface area (Å²) in [7, 11) is 0. The fourth-order valence-electron chi connectivity index (χ4n) is 4.46. The predicted octanol–water partition coefficient (Wildman–Crippen LogP) is 6.35. The molecule has 0 aliphatic carbocycles. The summed E-state index contributed by atoms with van der Waals surface area (Å²) in [4.78, 5) is 23.3. The minimum absolute atomic E-state index is 0.0638. The van der Waals surface area contributed by atoms with E-state index in [0.29, 0.717) is 34.1 Å². The highest BCUT2D eigenvalue weighted by Gasteiger charge is 2.27. The van der Waals surface area contributed by atoms with Gasteiger partial charge >= 0.3 is 0 Å². The van der Waals surface area contributed by atoms with Gasteiger partial charge in [0.1, 0.15) is 17.5 Å². The first-order valence-electron chi connectivity index (χ1n) is 11.4. The lowest BCUT2D eigenvalue weighted by molar-refractivity contribution is 0.401. The van der Waals surface area contributed by atoms with Crippen molar-refractivity contribution in [2.75, 3.05) is 0 Å². The zero-order valence-corrected chi connectivity index (χ0v) is 20.2. The lowest BCUT2D eigenvalue weighted by Crippen LogP contribution is -2.31. The molecule has 1 unspecified atom stereocenters. The highest BCUT2D eigenvalue weighted by atomic mass is 35.5. The van der Waals surface area contributed by atoms with Crippen LogP contribution >= 0.6 is 11.6 Å². The number of rotatable bonds is 6. The molecule has 35 heavy (non-hydrogen) atoms. The molecule has 176 valence electrons. The summed E-state index contributed by atoms with van der Waals surface area (Å²) in [5, 5.41) is 1.04. The van der Waals surface area contributed by atoms with E-state index in [1.807, 2.05) is 41.1 Å². The quantitative estimate of drug-likeness (QED) is 0.281.